The molecular weight excluding hydrogens is 542 g/mol. The number of hydrogen-bond acceptors (Lipinski definition) is 4. The zero-order valence-corrected chi connectivity index (χ0v) is 23.4. The van der Waals surface area contributed by atoms with Crippen LogP contribution in [0.3, 0.4) is 0 Å². The molecule has 0 saturated heterocycles. The number of methoxy groups -OCH3 is 1. The van der Waals surface area contributed by atoms with Gasteiger partial charge in [-0.3, -0.25) is 14.4 Å². The van der Waals surface area contributed by atoms with E-state index in [1.54, 1.807) is 0 Å². The van der Waals surface area contributed by atoms with Crippen LogP contribution < -0.4 is 5.32 Å². The monoisotopic (exact) mass is 575 g/mol. The Morgan fingerprint density at radius 2 is 1.47 bits per heavy atom. The van der Waals surface area contributed by atoms with Crippen LogP contribution in [0.15, 0.2) is 83.3 Å². The van der Waals surface area contributed by atoms with Gasteiger partial charge >= 0.3 is 5.97 Å². The average molecular weight is 577 g/mol. The van der Waals surface area contributed by atoms with E-state index in [0.29, 0.717) is 5.56 Å². The summed E-state index contributed by atoms with van der Waals surface area (Å²) in [6, 6.07) is 24.3. The Labute approximate surface area is 233 Å². The Morgan fingerprint density at radius 3 is 2.08 bits per heavy atom. The molecule has 198 valence electrons. The number of aryl methyl sites for hydroxylation is 1. The summed E-state index contributed by atoms with van der Waals surface area (Å²) in [5.41, 5.74) is 3.03. The molecule has 1 N–H and O–H groups in total. The lowest BCUT2D eigenvalue weighted by atomic mass is 9.70. The Morgan fingerprint density at radius 1 is 0.842 bits per heavy atom. The van der Waals surface area contributed by atoms with Crippen molar-refractivity contribution in [3.63, 3.8) is 0 Å². The van der Waals surface area contributed by atoms with E-state index >= 15 is 0 Å². The number of hydrogen-bond donors (Lipinski definition) is 1. The second-order valence-electron chi connectivity index (χ2n) is 10.0. The third-order valence-corrected chi connectivity index (χ3v) is 7.97. The zero-order chi connectivity index (χ0) is 27.1. The normalized spacial score (nSPS) is 16.2. The van der Waals surface area contributed by atoms with E-state index in [2.05, 4.69) is 21.2 Å². The van der Waals surface area contributed by atoms with Crippen LogP contribution in [0.4, 0.5) is 0 Å². The Hall–Kier alpha value is -3.25. The molecule has 1 saturated carbocycles. The minimum Gasteiger partial charge on any atom is -0.468 e. The van der Waals surface area contributed by atoms with Gasteiger partial charge in [-0.1, -0.05) is 107 Å². The highest BCUT2D eigenvalue weighted by Crippen LogP contribution is 2.42. The number of benzene rings is 3. The van der Waals surface area contributed by atoms with E-state index in [-0.39, 0.29) is 11.8 Å². The topological polar surface area (TPSA) is 72.5 Å². The van der Waals surface area contributed by atoms with Crippen molar-refractivity contribution in [2.75, 3.05) is 7.11 Å². The van der Waals surface area contributed by atoms with Gasteiger partial charge in [0.1, 0.15) is 5.92 Å². The summed E-state index contributed by atoms with van der Waals surface area (Å²) in [5.74, 6) is -3.97. The lowest BCUT2D eigenvalue weighted by Crippen LogP contribution is -2.46. The summed E-state index contributed by atoms with van der Waals surface area (Å²) < 4.78 is 6.08. The molecule has 3 aromatic rings. The summed E-state index contributed by atoms with van der Waals surface area (Å²) in [6.07, 6.45) is 5.00. The molecule has 38 heavy (non-hydrogen) atoms. The van der Waals surface area contributed by atoms with Crippen molar-refractivity contribution >= 4 is 33.6 Å². The fraction of sp³-hybridized carbons (Fsp3) is 0.344. The number of amides is 1. The molecule has 0 bridgehead atoms. The predicted octanol–water partition coefficient (Wildman–Crippen LogP) is 6.75. The van der Waals surface area contributed by atoms with Crippen molar-refractivity contribution in [1.82, 2.24) is 5.32 Å². The van der Waals surface area contributed by atoms with Crippen molar-refractivity contribution in [3.05, 3.63) is 106 Å². The van der Waals surface area contributed by atoms with Crippen molar-refractivity contribution in [3.8, 4) is 0 Å². The van der Waals surface area contributed by atoms with Gasteiger partial charge in [-0.15, -0.1) is 0 Å². The molecule has 4 rings (SSSR count). The summed E-state index contributed by atoms with van der Waals surface area (Å²) in [4.78, 5) is 41.6. The van der Waals surface area contributed by atoms with Crippen LogP contribution in [0.2, 0.25) is 0 Å². The maximum atomic E-state index is 14.3. The molecular formula is C32H34BrNO4. The number of esters is 1. The van der Waals surface area contributed by atoms with Gasteiger partial charge in [0.25, 0.3) is 0 Å². The molecule has 1 amide bonds. The van der Waals surface area contributed by atoms with Crippen molar-refractivity contribution in [2.45, 2.75) is 56.9 Å². The van der Waals surface area contributed by atoms with Gasteiger partial charge in [-0.2, -0.15) is 0 Å². The molecule has 1 aliphatic carbocycles. The highest BCUT2D eigenvalue weighted by atomic mass is 79.9. The minimum absolute atomic E-state index is 0.0111. The fourth-order valence-electron chi connectivity index (χ4n) is 5.42. The SMILES string of the molecule is COC(=O)C(C(=O)NC1CCCCC1)C(c1ccc(Br)cc1)C(C(=O)c1ccc(C)cc1)c1ccccc1. The van der Waals surface area contributed by atoms with Crippen LogP contribution in [0, 0.1) is 12.8 Å². The Bertz CT molecular complexity index is 1230. The molecule has 0 aromatic heterocycles. The number of Topliss-reactive ketones (excluding diaryl/α,β-unsaturated/α-hetero) is 1. The number of ether oxygens (including phenoxy) is 1. The van der Waals surface area contributed by atoms with Gasteiger partial charge in [0.2, 0.25) is 5.91 Å². The second kappa shape index (κ2) is 13.0. The van der Waals surface area contributed by atoms with Gasteiger partial charge in [0, 0.05) is 22.0 Å². The van der Waals surface area contributed by atoms with Gasteiger partial charge in [0.15, 0.2) is 5.78 Å². The molecule has 0 radical (unpaired) electrons. The first-order chi connectivity index (χ1) is 18.4. The molecule has 0 heterocycles. The zero-order valence-electron chi connectivity index (χ0n) is 21.9. The van der Waals surface area contributed by atoms with Crippen LogP contribution in [-0.4, -0.2) is 30.8 Å². The summed E-state index contributed by atoms with van der Waals surface area (Å²) in [7, 11) is 1.29. The molecule has 3 unspecified atom stereocenters. The highest BCUT2D eigenvalue weighted by molar-refractivity contribution is 9.10. The van der Waals surface area contributed by atoms with Gasteiger partial charge in [-0.05, 0) is 43.0 Å². The summed E-state index contributed by atoms with van der Waals surface area (Å²) in [6.45, 7) is 1.97. The standard InChI is InChI=1S/C32H34BrNO4/c1-21-13-15-24(16-14-21)30(35)28(22-9-5-3-6-10-22)27(23-17-19-25(33)20-18-23)29(32(37)38-2)31(36)34-26-11-7-4-8-12-26/h3,5-6,9-10,13-20,26-29H,4,7-8,11-12H2,1-2H3,(H,34,36). The number of ketones is 1. The van der Waals surface area contributed by atoms with Crippen molar-refractivity contribution in [2.24, 2.45) is 5.92 Å². The van der Waals surface area contributed by atoms with Crippen molar-refractivity contribution in [1.29, 1.82) is 0 Å². The lowest BCUT2D eigenvalue weighted by molar-refractivity contribution is -0.151. The number of carbonyl (C=O) groups is 3. The third-order valence-electron chi connectivity index (χ3n) is 7.44. The largest absolute Gasteiger partial charge is 0.468 e. The van der Waals surface area contributed by atoms with Crippen LogP contribution >= 0.6 is 15.9 Å². The first-order valence-corrected chi connectivity index (χ1v) is 14.0. The smallest absolute Gasteiger partial charge is 0.318 e. The molecule has 0 spiro atoms. The Kier molecular flexibility index (Phi) is 9.51. The van der Waals surface area contributed by atoms with Gasteiger partial charge in [-0.25, -0.2) is 0 Å². The maximum absolute atomic E-state index is 14.3. The number of carbonyl (C=O) groups excluding carboxylic acids is 3. The van der Waals surface area contributed by atoms with E-state index in [9.17, 15) is 14.4 Å². The van der Waals surface area contributed by atoms with Crippen molar-refractivity contribution < 1.29 is 19.1 Å². The Balaban J connectivity index is 1.86. The first-order valence-electron chi connectivity index (χ1n) is 13.2. The van der Waals surface area contributed by atoms with Crippen LogP contribution in [-0.2, 0) is 14.3 Å². The van der Waals surface area contributed by atoms with Crippen LogP contribution in [0.1, 0.15) is 71.0 Å². The molecule has 5 nitrogen and oxygen atoms in total. The third kappa shape index (κ3) is 6.60. The molecule has 6 heteroatoms. The van der Waals surface area contributed by atoms with E-state index in [1.807, 2.05) is 85.8 Å². The summed E-state index contributed by atoms with van der Waals surface area (Å²) in [5, 5.41) is 3.13. The van der Waals surface area contributed by atoms with Gasteiger partial charge < -0.3 is 10.1 Å². The predicted molar refractivity (Wildman–Crippen MR) is 152 cm³/mol. The van der Waals surface area contributed by atoms with E-state index < -0.39 is 29.6 Å². The average Bonchev–Trinajstić information content (AvgIpc) is 2.94. The van der Waals surface area contributed by atoms with E-state index in [1.165, 1.54) is 7.11 Å². The minimum atomic E-state index is -1.21. The second-order valence-corrected chi connectivity index (χ2v) is 11.0. The quantitative estimate of drug-likeness (QED) is 0.174. The molecule has 1 aliphatic rings. The number of nitrogens with one attached hydrogen (secondary N) is 1. The highest BCUT2D eigenvalue weighted by Gasteiger charge is 2.45. The molecule has 3 atom stereocenters. The molecule has 3 aromatic carbocycles. The molecule has 1 fully saturated rings. The van der Waals surface area contributed by atoms with E-state index in [0.717, 1.165) is 53.3 Å². The number of rotatable bonds is 9. The van der Waals surface area contributed by atoms with Crippen LogP contribution in [0.25, 0.3) is 0 Å². The maximum Gasteiger partial charge on any atom is 0.318 e. The van der Waals surface area contributed by atoms with Crippen LogP contribution in [0.5, 0.6) is 0 Å². The lowest BCUT2D eigenvalue weighted by Gasteiger charge is -2.33. The first kappa shape index (κ1) is 27.8. The number of halogens is 1. The summed E-state index contributed by atoms with van der Waals surface area (Å²) >= 11 is 3.49. The fourth-order valence-corrected chi connectivity index (χ4v) is 5.69. The van der Waals surface area contributed by atoms with E-state index in [4.69, 9.17) is 4.74 Å². The molecule has 0 aliphatic heterocycles. The van der Waals surface area contributed by atoms with Gasteiger partial charge in [0.05, 0.1) is 13.0 Å².